The highest BCUT2D eigenvalue weighted by atomic mass is 16.5. The highest BCUT2D eigenvalue weighted by Crippen LogP contribution is 2.25. The van der Waals surface area contributed by atoms with E-state index >= 15 is 0 Å². The van der Waals surface area contributed by atoms with Crippen molar-refractivity contribution in [2.45, 2.75) is 73.8 Å². The SMILES string of the molecule is CC(C)CCC(C)OCCC(C)(C)C(=O)C(C)C. The van der Waals surface area contributed by atoms with E-state index in [1.807, 2.05) is 27.7 Å². The molecule has 18 heavy (non-hydrogen) atoms. The third-order valence-electron chi connectivity index (χ3n) is 3.47. The minimum atomic E-state index is -0.258. The first kappa shape index (κ1) is 17.6. The second-order valence-corrected chi connectivity index (χ2v) is 6.81. The Morgan fingerprint density at radius 3 is 2.06 bits per heavy atom. The molecule has 1 atom stereocenters. The van der Waals surface area contributed by atoms with Crippen molar-refractivity contribution in [2.24, 2.45) is 17.3 Å². The smallest absolute Gasteiger partial charge is 0.141 e. The summed E-state index contributed by atoms with van der Waals surface area (Å²) in [7, 11) is 0. The van der Waals surface area contributed by atoms with Crippen LogP contribution in [0.4, 0.5) is 0 Å². The van der Waals surface area contributed by atoms with Crippen molar-refractivity contribution in [3.63, 3.8) is 0 Å². The zero-order valence-corrected chi connectivity index (χ0v) is 13.4. The number of ether oxygens (including phenoxy) is 1. The molecular weight excluding hydrogens is 224 g/mol. The molecule has 0 aromatic carbocycles. The van der Waals surface area contributed by atoms with E-state index in [0.29, 0.717) is 18.5 Å². The van der Waals surface area contributed by atoms with Crippen molar-refractivity contribution in [1.82, 2.24) is 0 Å². The Morgan fingerprint density at radius 2 is 1.61 bits per heavy atom. The van der Waals surface area contributed by atoms with E-state index in [-0.39, 0.29) is 11.3 Å². The van der Waals surface area contributed by atoms with Crippen LogP contribution in [0, 0.1) is 17.3 Å². The molecule has 0 aliphatic rings. The van der Waals surface area contributed by atoms with E-state index in [0.717, 1.165) is 18.8 Å². The Morgan fingerprint density at radius 1 is 1.06 bits per heavy atom. The predicted molar refractivity (Wildman–Crippen MR) is 77.7 cm³/mol. The van der Waals surface area contributed by atoms with E-state index in [2.05, 4.69) is 20.8 Å². The molecule has 2 heteroatoms. The van der Waals surface area contributed by atoms with Gasteiger partial charge in [0, 0.05) is 17.9 Å². The molecule has 0 bridgehead atoms. The summed E-state index contributed by atoms with van der Waals surface area (Å²) in [5, 5.41) is 0. The minimum absolute atomic E-state index is 0.110. The number of carbonyl (C=O) groups is 1. The molecule has 0 saturated heterocycles. The maximum Gasteiger partial charge on any atom is 0.141 e. The lowest BCUT2D eigenvalue weighted by Crippen LogP contribution is -2.30. The topological polar surface area (TPSA) is 26.3 Å². The third-order valence-corrected chi connectivity index (χ3v) is 3.47. The monoisotopic (exact) mass is 256 g/mol. The highest BCUT2D eigenvalue weighted by Gasteiger charge is 2.29. The molecule has 1 unspecified atom stereocenters. The van der Waals surface area contributed by atoms with Crippen LogP contribution >= 0.6 is 0 Å². The average Bonchev–Trinajstić information content (AvgIpc) is 2.24. The fraction of sp³-hybridized carbons (Fsp3) is 0.938. The minimum Gasteiger partial charge on any atom is -0.378 e. The maximum atomic E-state index is 12.0. The summed E-state index contributed by atoms with van der Waals surface area (Å²) in [6.07, 6.45) is 3.43. The van der Waals surface area contributed by atoms with Gasteiger partial charge in [-0.25, -0.2) is 0 Å². The van der Waals surface area contributed by atoms with Crippen molar-refractivity contribution in [2.75, 3.05) is 6.61 Å². The van der Waals surface area contributed by atoms with Gasteiger partial charge in [0.25, 0.3) is 0 Å². The first-order valence-electron chi connectivity index (χ1n) is 7.32. The van der Waals surface area contributed by atoms with Crippen molar-refractivity contribution in [1.29, 1.82) is 0 Å². The zero-order chi connectivity index (χ0) is 14.3. The molecule has 0 fully saturated rings. The van der Waals surface area contributed by atoms with E-state index in [1.165, 1.54) is 6.42 Å². The molecule has 0 aliphatic carbocycles. The Bertz CT molecular complexity index is 241. The lowest BCUT2D eigenvalue weighted by molar-refractivity contribution is -0.131. The largest absolute Gasteiger partial charge is 0.378 e. The van der Waals surface area contributed by atoms with Crippen LogP contribution in [0.3, 0.4) is 0 Å². The van der Waals surface area contributed by atoms with Crippen molar-refractivity contribution >= 4 is 5.78 Å². The van der Waals surface area contributed by atoms with Gasteiger partial charge in [-0.1, -0.05) is 41.5 Å². The van der Waals surface area contributed by atoms with Gasteiger partial charge in [0.05, 0.1) is 6.10 Å². The standard InChI is InChI=1S/C16H32O2/c1-12(2)8-9-14(5)18-11-10-16(6,7)15(17)13(3)4/h12-14H,8-11H2,1-7H3. The summed E-state index contributed by atoms with van der Waals surface area (Å²) in [4.78, 5) is 12.0. The lowest BCUT2D eigenvalue weighted by atomic mass is 9.80. The van der Waals surface area contributed by atoms with Gasteiger partial charge in [-0.2, -0.15) is 0 Å². The number of Topliss-reactive ketones (excluding diaryl/α,β-unsaturated/α-hetero) is 1. The van der Waals surface area contributed by atoms with Gasteiger partial charge < -0.3 is 4.74 Å². The molecule has 0 spiro atoms. The van der Waals surface area contributed by atoms with Crippen LogP contribution in [0.25, 0.3) is 0 Å². The van der Waals surface area contributed by atoms with Gasteiger partial charge in [0.2, 0.25) is 0 Å². The summed E-state index contributed by atoms with van der Waals surface area (Å²) < 4.78 is 5.81. The molecular formula is C16H32O2. The number of rotatable bonds is 9. The van der Waals surface area contributed by atoms with Crippen molar-refractivity contribution in [3.05, 3.63) is 0 Å². The quantitative estimate of drug-likeness (QED) is 0.608. The van der Waals surface area contributed by atoms with Crippen LogP contribution in [0.2, 0.25) is 0 Å². The number of hydrogen-bond donors (Lipinski definition) is 0. The number of carbonyl (C=O) groups excluding carboxylic acids is 1. The van der Waals surface area contributed by atoms with Crippen LogP contribution in [-0.4, -0.2) is 18.5 Å². The molecule has 0 amide bonds. The van der Waals surface area contributed by atoms with Crippen molar-refractivity contribution in [3.8, 4) is 0 Å². The van der Waals surface area contributed by atoms with E-state index < -0.39 is 0 Å². The van der Waals surface area contributed by atoms with Crippen LogP contribution in [0.5, 0.6) is 0 Å². The van der Waals surface area contributed by atoms with Gasteiger partial charge in [-0.3, -0.25) is 4.79 Å². The molecule has 0 aliphatic heterocycles. The van der Waals surface area contributed by atoms with E-state index in [4.69, 9.17) is 4.74 Å². The molecule has 0 rings (SSSR count). The molecule has 0 saturated carbocycles. The second-order valence-electron chi connectivity index (χ2n) is 6.81. The van der Waals surface area contributed by atoms with Gasteiger partial charge in [0.15, 0.2) is 0 Å². The van der Waals surface area contributed by atoms with Crippen LogP contribution in [-0.2, 0) is 9.53 Å². The third kappa shape index (κ3) is 7.15. The summed E-state index contributed by atoms with van der Waals surface area (Å²) in [6.45, 7) is 15.3. The predicted octanol–water partition coefficient (Wildman–Crippen LogP) is 4.47. The molecule has 0 N–H and O–H groups in total. The Balaban J connectivity index is 3.92. The van der Waals surface area contributed by atoms with Crippen LogP contribution < -0.4 is 0 Å². The van der Waals surface area contributed by atoms with Gasteiger partial charge in [0.1, 0.15) is 5.78 Å². The molecule has 0 aromatic rings. The first-order valence-corrected chi connectivity index (χ1v) is 7.32. The Labute approximate surface area is 113 Å². The molecule has 0 radical (unpaired) electrons. The Kier molecular flexibility index (Phi) is 7.77. The second kappa shape index (κ2) is 7.93. The molecule has 2 nitrogen and oxygen atoms in total. The summed E-state index contributed by atoms with van der Waals surface area (Å²) in [6, 6.07) is 0. The highest BCUT2D eigenvalue weighted by molar-refractivity contribution is 5.85. The normalized spacial score (nSPS) is 14.3. The summed E-state index contributed by atoms with van der Waals surface area (Å²) >= 11 is 0. The van der Waals surface area contributed by atoms with Crippen LogP contribution in [0.15, 0.2) is 0 Å². The maximum absolute atomic E-state index is 12.0. The van der Waals surface area contributed by atoms with Gasteiger partial charge in [-0.15, -0.1) is 0 Å². The lowest BCUT2D eigenvalue weighted by Gasteiger charge is -2.26. The molecule has 0 heterocycles. The first-order chi connectivity index (χ1) is 8.16. The van der Waals surface area contributed by atoms with Gasteiger partial charge in [-0.05, 0) is 32.1 Å². The fourth-order valence-corrected chi connectivity index (χ4v) is 2.07. The zero-order valence-electron chi connectivity index (χ0n) is 13.4. The van der Waals surface area contributed by atoms with E-state index in [9.17, 15) is 4.79 Å². The van der Waals surface area contributed by atoms with E-state index in [1.54, 1.807) is 0 Å². The number of hydrogen-bond acceptors (Lipinski definition) is 2. The van der Waals surface area contributed by atoms with Gasteiger partial charge >= 0.3 is 0 Å². The molecule has 108 valence electrons. The van der Waals surface area contributed by atoms with Crippen molar-refractivity contribution < 1.29 is 9.53 Å². The average molecular weight is 256 g/mol. The Hall–Kier alpha value is -0.370. The summed E-state index contributed by atoms with van der Waals surface area (Å²) in [5.74, 6) is 1.18. The molecule has 0 aromatic heterocycles. The number of ketones is 1. The van der Waals surface area contributed by atoms with Crippen LogP contribution in [0.1, 0.15) is 67.7 Å². The fourth-order valence-electron chi connectivity index (χ4n) is 2.07. The summed E-state index contributed by atoms with van der Waals surface area (Å²) in [5.41, 5.74) is -0.258.